The van der Waals surface area contributed by atoms with Crippen molar-refractivity contribution in [2.45, 2.75) is 6.92 Å². The number of hydrogen-bond acceptors (Lipinski definition) is 2. The molecule has 0 radical (unpaired) electrons. The van der Waals surface area contributed by atoms with Crippen LogP contribution in [-0.4, -0.2) is 12.9 Å². The topological polar surface area (TPSA) is 53.1 Å². The molecule has 0 fully saturated rings. The zero-order valence-electron chi connectivity index (χ0n) is 10.9. The van der Waals surface area contributed by atoms with Gasteiger partial charge in [-0.05, 0) is 42.8 Å². The Morgan fingerprint density at radius 3 is 2.58 bits per heavy atom. The Kier molecular flexibility index (Phi) is 3.76. The molecule has 0 spiro atoms. The summed E-state index contributed by atoms with van der Waals surface area (Å²) in [5.41, 5.74) is 9.36. The molecule has 0 atom stereocenters. The van der Waals surface area contributed by atoms with E-state index in [0.29, 0.717) is 10.6 Å². The summed E-state index contributed by atoms with van der Waals surface area (Å²) in [5.74, 6) is 0.0111. The Balaban J connectivity index is 2.49. The molecule has 98 valence electrons. The van der Waals surface area contributed by atoms with Crippen molar-refractivity contribution in [2.75, 3.05) is 11.9 Å². The fourth-order valence-electron chi connectivity index (χ4n) is 1.99. The first kappa shape index (κ1) is 13.4. The zero-order chi connectivity index (χ0) is 14.0. The second-order valence-electron chi connectivity index (χ2n) is 4.47. The third-order valence-electron chi connectivity index (χ3n) is 3.00. The molecule has 3 N–H and O–H groups in total. The Bertz CT molecular complexity index is 623. The Morgan fingerprint density at radius 2 is 1.95 bits per heavy atom. The molecular weight excluding hydrogens is 258 g/mol. The summed E-state index contributed by atoms with van der Waals surface area (Å²) in [5, 5.41) is 8.24. The molecule has 19 heavy (non-hydrogen) atoms. The van der Waals surface area contributed by atoms with Crippen molar-refractivity contribution in [1.29, 1.82) is 5.41 Å². The van der Waals surface area contributed by atoms with Crippen LogP contribution in [0.4, 0.5) is 11.4 Å². The van der Waals surface area contributed by atoms with Gasteiger partial charge in [0.1, 0.15) is 5.84 Å². The van der Waals surface area contributed by atoms with Crippen LogP contribution in [0.5, 0.6) is 0 Å². The number of halogens is 1. The van der Waals surface area contributed by atoms with Crippen LogP contribution < -0.4 is 10.6 Å². The van der Waals surface area contributed by atoms with Crippen molar-refractivity contribution in [3.63, 3.8) is 0 Å². The zero-order valence-corrected chi connectivity index (χ0v) is 11.7. The van der Waals surface area contributed by atoms with Crippen LogP contribution in [0.15, 0.2) is 42.5 Å². The normalized spacial score (nSPS) is 10.3. The van der Waals surface area contributed by atoms with Gasteiger partial charge in [0.15, 0.2) is 0 Å². The molecule has 0 aromatic heterocycles. The lowest BCUT2D eigenvalue weighted by Gasteiger charge is -2.22. The minimum absolute atomic E-state index is 0.0111. The van der Waals surface area contributed by atoms with E-state index in [1.54, 1.807) is 12.1 Å². The maximum atomic E-state index is 7.66. The predicted octanol–water partition coefficient (Wildman–Crippen LogP) is 3.70. The fourth-order valence-corrected chi connectivity index (χ4v) is 2.16. The highest BCUT2D eigenvalue weighted by atomic mass is 35.5. The Hall–Kier alpha value is -2.00. The fraction of sp³-hybridized carbons (Fsp3) is 0.133. The van der Waals surface area contributed by atoms with E-state index in [1.165, 1.54) is 5.56 Å². The third-order valence-corrected chi connectivity index (χ3v) is 3.23. The minimum Gasteiger partial charge on any atom is -0.384 e. The van der Waals surface area contributed by atoms with Gasteiger partial charge in [0, 0.05) is 23.3 Å². The van der Waals surface area contributed by atoms with Gasteiger partial charge in [0.2, 0.25) is 0 Å². The minimum atomic E-state index is 0.0111. The summed E-state index contributed by atoms with van der Waals surface area (Å²) in [6, 6.07) is 13.5. The van der Waals surface area contributed by atoms with E-state index in [9.17, 15) is 0 Å². The van der Waals surface area contributed by atoms with Gasteiger partial charge in [-0.2, -0.15) is 0 Å². The SMILES string of the molecule is Cc1cccc(N(C)c2ccc(Cl)cc2C(=N)N)c1. The van der Waals surface area contributed by atoms with E-state index in [2.05, 4.69) is 6.07 Å². The van der Waals surface area contributed by atoms with Crippen LogP contribution in [0.25, 0.3) is 0 Å². The van der Waals surface area contributed by atoms with E-state index >= 15 is 0 Å². The maximum Gasteiger partial charge on any atom is 0.124 e. The molecule has 3 nitrogen and oxygen atoms in total. The average molecular weight is 274 g/mol. The molecule has 4 heteroatoms. The number of anilines is 2. The third kappa shape index (κ3) is 2.88. The highest BCUT2D eigenvalue weighted by molar-refractivity contribution is 6.31. The molecule has 0 saturated heterocycles. The van der Waals surface area contributed by atoms with E-state index in [1.807, 2.05) is 43.1 Å². The van der Waals surface area contributed by atoms with Crippen molar-refractivity contribution < 1.29 is 0 Å². The van der Waals surface area contributed by atoms with E-state index in [-0.39, 0.29) is 5.84 Å². The number of nitrogens with two attached hydrogens (primary N) is 1. The Labute approximate surface area is 118 Å². The Morgan fingerprint density at radius 1 is 1.21 bits per heavy atom. The molecule has 0 saturated carbocycles. The second-order valence-corrected chi connectivity index (χ2v) is 4.91. The van der Waals surface area contributed by atoms with Gasteiger partial charge in [-0.25, -0.2) is 0 Å². The van der Waals surface area contributed by atoms with E-state index < -0.39 is 0 Å². The van der Waals surface area contributed by atoms with Gasteiger partial charge in [0.05, 0.1) is 5.69 Å². The molecule has 0 aliphatic carbocycles. The number of hydrogen-bond donors (Lipinski definition) is 2. The number of benzene rings is 2. The largest absolute Gasteiger partial charge is 0.384 e. The standard InChI is InChI=1S/C15H16ClN3/c1-10-4-3-5-12(8-10)19(2)14-7-6-11(16)9-13(14)15(17)18/h3-9H,1-2H3,(H3,17,18). The number of aryl methyl sites for hydroxylation is 1. The van der Waals surface area contributed by atoms with Crippen molar-refractivity contribution in [3.05, 3.63) is 58.6 Å². The lowest BCUT2D eigenvalue weighted by molar-refractivity contribution is 1.19. The number of nitrogens with one attached hydrogen (secondary N) is 1. The number of nitrogens with zero attached hydrogens (tertiary/aromatic N) is 1. The monoisotopic (exact) mass is 273 g/mol. The quantitative estimate of drug-likeness (QED) is 0.662. The summed E-state index contributed by atoms with van der Waals surface area (Å²) in [6.07, 6.45) is 0. The smallest absolute Gasteiger partial charge is 0.124 e. The van der Waals surface area contributed by atoms with Crippen molar-refractivity contribution in [1.82, 2.24) is 0 Å². The molecule has 0 heterocycles. The van der Waals surface area contributed by atoms with Crippen LogP contribution in [0.1, 0.15) is 11.1 Å². The predicted molar refractivity (Wildman–Crippen MR) is 81.7 cm³/mol. The maximum absolute atomic E-state index is 7.66. The molecular formula is C15H16ClN3. The van der Waals surface area contributed by atoms with Crippen LogP contribution in [0.2, 0.25) is 5.02 Å². The van der Waals surface area contributed by atoms with Crippen molar-refractivity contribution in [2.24, 2.45) is 5.73 Å². The van der Waals surface area contributed by atoms with E-state index in [4.69, 9.17) is 22.7 Å². The van der Waals surface area contributed by atoms with Crippen LogP contribution in [-0.2, 0) is 0 Å². The lowest BCUT2D eigenvalue weighted by atomic mass is 10.1. The number of rotatable bonds is 3. The number of amidine groups is 1. The van der Waals surface area contributed by atoms with E-state index in [0.717, 1.165) is 11.4 Å². The molecule has 0 aliphatic rings. The summed E-state index contributed by atoms with van der Waals surface area (Å²) in [6.45, 7) is 2.05. The lowest BCUT2D eigenvalue weighted by Crippen LogP contribution is -2.18. The second kappa shape index (κ2) is 5.33. The first-order valence-corrected chi connectivity index (χ1v) is 6.31. The van der Waals surface area contributed by atoms with Gasteiger partial charge < -0.3 is 10.6 Å². The molecule has 0 bridgehead atoms. The molecule has 0 aliphatic heterocycles. The molecule has 0 unspecified atom stereocenters. The molecule has 0 amide bonds. The first-order valence-electron chi connectivity index (χ1n) is 5.93. The summed E-state index contributed by atoms with van der Waals surface area (Å²) < 4.78 is 0. The van der Waals surface area contributed by atoms with Gasteiger partial charge >= 0.3 is 0 Å². The van der Waals surface area contributed by atoms with Gasteiger partial charge in [-0.3, -0.25) is 5.41 Å². The van der Waals surface area contributed by atoms with Gasteiger partial charge in [-0.15, -0.1) is 0 Å². The highest BCUT2D eigenvalue weighted by Crippen LogP contribution is 2.29. The van der Waals surface area contributed by atoms with Crippen LogP contribution in [0.3, 0.4) is 0 Å². The summed E-state index contributed by atoms with van der Waals surface area (Å²) in [4.78, 5) is 2.00. The van der Waals surface area contributed by atoms with Crippen LogP contribution >= 0.6 is 11.6 Å². The average Bonchev–Trinajstić information content (AvgIpc) is 2.37. The van der Waals surface area contributed by atoms with Crippen molar-refractivity contribution in [3.8, 4) is 0 Å². The van der Waals surface area contributed by atoms with Gasteiger partial charge in [0.25, 0.3) is 0 Å². The summed E-state index contributed by atoms with van der Waals surface area (Å²) in [7, 11) is 1.95. The molecule has 2 aromatic carbocycles. The van der Waals surface area contributed by atoms with Gasteiger partial charge in [-0.1, -0.05) is 23.7 Å². The van der Waals surface area contributed by atoms with Crippen LogP contribution in [0, 0.1) is 12.3 Å². The van der Waals surface area contributed by atoms with Crippen molar-refractivity contribution >= 4 is 28.8 Å². The number of nitrogen functional groups attached to an aromatic ring is 1. The molecule has 2 rings (SSSR count). The molecule has 2 aromatic rings. The highest BCUT2D eigenvalue weighted by Gasteiger charge is 2.12. The summed E-state index contributed by atoms with van der Waals surface area (Å²) >= 11 is 5.97. The first-order chi connectivity index (χ1) is 8.99.